The molecule has 0 aromatic heterocycles. The SMILES string of the molecule is c1ccccc2c(ccc1)OC1CCCCCCCC3OC4CCCCCCCCC4P2C13. The van der Waals surface area contributed by atoms with Crippen LogP contribution in [0, 0.1) is 0 Å². The van der Waals surface area contributed by atoms with Gasteiger partial charge >= 0.3 is 0 Å². The Morgan fingerprint density at radius 2 is 1.09 bits per heavy atom. The summed E-state index contributed by atoms with van der Waals surface area (Å²) in [7, 11) is -0.309. The monoisotopic (exact) mass is 466 g/mol. The second kappa shape index (κ2) is 12.0. The van der Waals surface area contributed by atoms with Crippen molar-refractivity contribution >= 4 is 13.2 Å². The molecule has 2 saturated carbocycles. The second-order valence-electron chi connectivity index (χ2n) is 10.6. The van der Waals surface area contributed by atoms with Crippen LogP contribution < -0.4 is 10.0 Å². The van der Waals surface area contributed by atoms with Crippen LogP contribution in [0.15, 0.2) is 48.5 Å². The first-order valence-electron chi connectivity index (χ1n) is 13.9. The zero-order valence-corrected chi connectivity index (χ0v) is 21.3. The van der Waals surface area contributed by atoms with Gasteiger partial charge in [0.1, 0.15) is 11.9 Å². The van der Waals surface area contributed by atoms with Gasteiger partial charge in [0.05, 0.1) is 12.2 Å². The fourth-order valence-electron chi connectivity index (χ4n) is 6.67. The molecule has 3 heteroatoms. The molecule has 1 saturated heterocycles. The van der Waals surface area contributed by atoms with Gasteiger partial charge in [-0.15, -0.1) is 0 Å². The van der Waals surface area contributed by atoms with Gasteiger partial charge in [-0.3, -0.25) is 0 Å². The molecule has 2 aliphatic heterocycles. The zero-order chi connectivity index (χ0) is 22.3. The first-order chi connectivity index (χ1) is 16.4. The highest BCUT2D eigenvalue weighted by Crippen LogP contribution is 2.61. The Bertz CT molecular complexity index is 809. The van der Waals surface area contributed by atoms with Crippen LogP contribution in [0.3, 0.4) is 0 Å². The molecule has 0 spiro atoms. The summed E-state index contributed by atoms with van der Waals surface area (Å²) in [6.07, 6.45) is 21.3. The van der Waals surface area contributed by atoms with Crippen LogP contribution in [0.5, 0.6) is 5.75 Å². The van der Waals surface area contributed by atoms with Crippen LogP contribution in [0.1, 0.15) is 96.3 Å². The van der Waals surface area contributed by atoms with Gasteiger partial charge in [0, 0.05) is 16.6 Å². The number of hydrogen-bond donors (Lipinski definition) is 0. The van der Waals surface area contributed by atoms with Gasteiger partial charge in [0.2, 0.25) is 0 Å². The van der Waals surface area contributed by atoms with Gasteiger partial charge in [-0.2, -0.15) is 0 Å². The van der Waals surface area contributed by atoms with E-state index < -0.39 is 0 Å². The van der Waals surface area contributed by atoms with E-state index in [2.05, 4.69) is 48.5 Å². The third kappa shape index (κ3) is 5.76. The molecule has 0 N–H and O–H groups in total. The maximum atomic E-state index is 7.12. The Morgan fingerprint density at radius 1 is 0.545 bits per heavy atom. The minimum atomic E-state index is -0.309. The predicted octanol–water partition coefficient (Wildman–Crippen LogP) is 8.06. The number of fused-ring (bicyclic) bond motifs is 4. The van der Waals surface area contributed by atoms with E-state index in [1.54, 1.807) is 0 Å². The van der Waals surface area contributed by atoms with Gasteiger partial charge in [-0.1, -0.05) is 115 Å². The summed E-state index contributed by atoms with van der Waals surface area (Å²) in [6.45, 7) is 0. The predicted molar refractivity (Wildman–Crippen MR) is 141 cm³/mol. The molecule has 2 aliphatic carbocycles. The molecule has 2 heterocycles. The first kappa shape index (κ1) is 23.6. The lowest BCUT2D eigenvalue weighted by Crippen LogP contribution is -2.55. The summed E-state index contributed by atoms with van der Waals surface area (Å²) in [5.74, 6) is 1.16. The third-order valence-corrected chi connectivity index (χ3v) is 11.8. The Labute approximate surface area is 202 Å². The summed E-state index contributed by atoms with van der Waals surface area (Å²) in [5, 5.41) is 1.51. The number of hydrogen-bond acceptors (Lipinski definition) is 2. The molecule has 180 valence electrons. The highest BCUT2D eigenvalue weighted by Gasteiger charge is 2.51. The van der Waals surface area contributed by atoms with Crippen LogP contribution in [0.25, 0.3) is 0 Å². The molecule has 6 unspecified atom stereocenters. The van der Waals surface area contributed by atoms with E-state index in [1.807, 2.05) is 0 Å². The lowest BCUT2D eigenvalue weighted by molar-refractivity contribution is -0.0548. The summed E-state index contributed by atoms with van der Waals surface area (Å²) in [4.78, 5) is 0. The minimum Gasteiger partial charge on any atom is -0.489 e. The molecule has 0 radical (unpaired) electrons. The van der Waals surface area contributed by atoms with E-state index in [0.29, 0.717) is 29.6 Å². The van der Waals surface area contributed by atoms with E-state index >= 15 is 0 Å². The highest BCUT2D eigenvalue weighted by molar-refractivity contribution is 7.67. The zero-order valence-electron chi connectivity index (χ0n) is 20.4. The van der Waals surface area contributed by atoms with Gasteiger partial charge in [-0.25, -0.2) is 0 Å². The van der Waals surface area contributed by atoms with Gasteiger partial charge in [0.15, 0.2) is 0 Å². The van der Waals surface area contributed by atoms with Crippen molar-refractivity contribution in [3.8, 4) is 5.75 Å². The van der Waals surface area contributed by atoms with Crippen molar-refractivity contribution in [2.24, 2.45) is 0 Å². The van der Waals surface area contributed by atoms with Crippen LogP contribution in [0.2, 0.25) is 0 Å². The molecule has 1 aromatic carbocycles. The van der Waals surface area contributed by atoms with Crippen molar-refractivity contribution in [1.29, 1.82) is 0 Å². The van der Waals surface area contributed by atoms with Crippen LogP contribution in [-0.2, 0) is 4.74 Å². The molecule has 0 amide bonds. The molecule has 6 atom stereocenters. The van der Waals surface area contributed by atoms with Gasteiger partial charge in [-0.05, 0) is 38.2 Å². The number of ether oxygens (including phenoxy) is 2. The number of rotatable bonds is 0. The van der Waals surface area contributed by atoms with Crippen molar-refractivity contribution in [3.63, 3.8) is 0 Å². The topological polar surface area (TPSA) is 18.5 Å². The molecule has 1 aromatic rings. The average molecular weight is 467 g/mol. The Kier molecular flexibility index (Phi) is 8.61. The molecule has 0 bridgehead atoms. The molecule has 4 aliphatic rings. The van der Waals surface area contributed by atoms with Crippen molar-refractivity contribution in [3.05, 3.63) is 48.5 Å². The quantitative estimate of drug-likeness (QED) is 0.360. The van der Waals surface area contributed by atoms with Crippen molar-refractivity contribution in [1.82, 2.24) is 0 Å². The van der Waals surface area contributed by atoms with E-state index in [0.717, 1.165) is 5.75 Å². The highest BCUT2D eigenvalue weighted by atomic mass is 31.1. The standard InChI is InChI=1S/C30H43O2P/c1-3-10-16-22-28-24(18-12-6-1)31-26-20-14-8-5-9-15-21-27-30(26)33(28)29-23-17-11-4-2-7-13-19-25(29)32-27/h1,3,6,10,12,16,18,22,25-27,29-30H,2,4-5,7-9,11,13-15,17,19-21,23H2. The maximum absolute atomic E-state index is 7.12. The molecule has 2 nitrogen and oxygen atoms in total. The molecule has 33 heavy (non-hydrogen) atoms. The van der Waals surface area contributed by atoms with E-state index in [1.165, 1.54) is 102 Å². The normalized spacial score (nSPS) is 34.8. The van der Waals surface area contributed by atoms with E-state index in [9.17, 15) is 0 Å². The van der Waals surface area contributed by atoms with Crippen molar-refractivity contribution < 1.29 is 9.47 Å². The summed E-state index contributed by atoms with van der Waals surface area (Å²) in [5.41, 5.74) is 1.26. The minimum absolute atomic E-state index is 0.309. The smallest absolute Gasteiger partial charge is 0.127 e. The molecule has 5 rings (SSSR count). The largest absolute Gasteiger partial charge is 0.489 e. The average Bonchev–Trinajstić information content (AvgIpc) is 2.84. The lowest BCUT2D eigenvalue weighted by Gasteiger charge is -2.53. The summed E-state index contributed by atoms with van der Waals surface area (Å²) >= 11 is 0. The molecule has 3 fully saturated rings. The van der Waals surface area contributed by atoms with Gasteiger partial charge in [0.25, 0.3) is 0 Å². The maximum Gasteiger partial charge on any atom is 0.127 e. The Morgan fingerprint density at radius 3 is 1.82 bits per heavy atom. The fraction of sp³-hybridized carbons (Fsp3) is 0.667. The Balaban J connectivity index is 1.60. The van der Waals surface area contributed by atoms with E-state index in [-0.39, 0.29) is 7.92 Å². The molecular weight excluding hydrogens is 423 g/mol. The van der Waals surface area contributed by atoms with Gasteiger partial charge < -0.3 is 9.47 Å². The van der Waals surface area contributed by atoms with Crippen LogP contribution >= 0.6 is 7.92 Å². The second-order valence-corrected chi connectivity index (χ2v) is 13.2. The van der Waals surface area contributed by atoms with Crippen LogP contribution in [-0.4, -0.2) is 29.6 Å². The Hall–Kier alpha value is -1.11. The summed E-state index contributed by atoms with van der Waals surface area (Å²) < 4.78 is 14.0. The van der Waals surface area contributed by atoms with E-state index in [4.69, 9.17) is 9.47 Å². The van der Waals surface area contributed by atoms with Crippen LogP contribution in [0.4, 0.5) is 0 Å². The first-order valence-corrected chi connectivity index (χ1v) is 15.4. The van der Waals surface area contributed by atoms with Crippen molar-refractivity contribution in [2.75, 3.05) is 0 Å². The third-order valence-electron chi connectivity index (χ3n) is 8.30. The molecular formula is C30H43O2P. The van der Waals surface area contributed by atoms with Crippen molar-refractivity contribution in [2.45, 2.75) is 126 Å². The fourth-order valence-corrected chi connectivity index (χ4v) is 10.6. The lowest BCUT2D eigenvalue weighted by atomic mass is 9.94. The summed E-state index contributed by atoms with van der Waals surface area (Å²) in [6, 6.07) is 17.7.